The van der Waals surface area contributed by atoms with Crippen molar-refractivity contribution in [3.8, 4) is 5.75 Å². The van der Waals surface area contributed by atoms with Crippen LogP contribution in [0.15, 0.2) is 16.6 Å². The number of nitrogens with one attached hydrogen (secondary N) is 1. The van der Waals surface area contributed by atoms with Crippen molar-refractivity contribution in [3.63, 3.8) is 0 Å². The van der Waals surface area contributed by atoms with Crippen molar-refractivity contribution >= 4 is 15.9 Å². The Labute approximate surface area is 132 Å². The van der Waals surface area contributed by atoms with E-state index in [4.69, 9.17) is 4.74 Å². The quantitative estimate of drug-likeness (QED) is 0.723. The first kappa shape index (κ1) is 17.5. The summed E-state index contributed by atoms with van der Waals surface area (Å²) in [7, 11) is 0. The largest absolute Gasteiger partial charge is 0.493 e. The van der Waals surface area contributed by atoms with Crippen LogP contribution >= 0.6 is 15.9 Å². The van der Waals surface area contributed by atoms with Crippen LogP contribution in [0, 0.1) is 18.8 Å². The average Bonchev–Trinajstić information content (AvgIpc) is 2.31. The highest BCUT2D eigenvalue weighted by molar-refractivity contribution is 9.10. The molecule has 0 saturated carbocycles. The summed E-state index contributed by atoms with van der Waals surface area (Å²) in [5, 5.41) is 3.49. The molecule has 0 aliphatic rings. The van der Waals surface area contributed by atoms with Crippen LogP contribution in [0.2, 0.25) is 0 Å². The van der Waals surface area contributed by atoms with Crippen LogP contribution in [0.5, 0.6) is 5.75 Å². The minimum Gasteiger partial charge on any atom is -0.493 e. The van der Waals surface area contributed by atoms with E-state index in [9.17, 15) is 0 Å². The molecule has 0 spiro atoms. The van der Waals surface area contributed by atoms with E-state index in [2.05, 4.69) is 68.0 Å². The zero-order chi connectivity index (χ0) is 15.1. The fraction of sp³-hybridized carbons (Fsp3) is 0.647. The first-order chi connectivity index (χ1) is 9.40. The maximum Gasteiger partial charge on any atom is 0.126 e. The van der Waals surface area contributed by atoms with Gasteiger partial charge in [0.05, 0.1) is 6.61 Å². The molecular weight excluding hydrogens is 314 g/mol. The maximum absolute atomic E-state index is 6.03. The van der Waals surface area contributed by atoms with Gasteiger partial charge in [-0.25, -0.2) is 0 Å². The van der Waals surface area contributed by atoms with Crippen LogP contribution in [0.3, 0.4) is 0 Å². The van der Waals surface area contributed by atoms with E-state index in [-0.39, 0.29) is 0 Å². The Morgan fingerprint density at radius 1 is 1.15 bits per heavy atom. The number of ether oxygens (including phenoxy) is 1. The van der Waals surface area contributed by atoms with Gasteiger partial charge in [0, 0.05) is 16.6 Å². The number of hydrogen-bond donors (Lipinski definition) is 1. The third kappa shape index (κ3) is 6.27. The van der Waals surface area contributed by atoms with Crippen molar-refractivity contribution in [1.82, 2.24) is 5.32 Å². The van der Waals surface area contributed by atoms with Gasteiger partial charge in [0.2, 0.25) is 0 Å². The Bertz CT molecular complexity index is 416. The number of aryl methyl sites for hydroxylation is 1. The Kier molecular flexibility index (Phi) is 7.60. The van der Waals surface area contributed by atoms with Crippen molar-refractivity contribution < 1.29 is 4.74 Å². The molecule has 0 saturated heterocycles. The minimum atomic E-state index is 0.661. The Balaban J connectivity index is 2.73. The fourth-order valence-corrected chi connectivity index (χ4v) is 2.65. The van der Waals surface area contributed by atoms with E-state index in [1.165, 1.54) is 11.1 Å². The minimum absolute atomic E-state index is 0.661. The smallest absolute Gasteiger partial charge is 0.126 e. The topological polar surface area (TPSA) is 21.3 Å². The standard InChI is InChI=1S/C17H28BrNO/c1-12(2)6-7-20-17-14(5)8-16(18)9-15(17)11-19-10-13(3)4/h8-9,12-13,19H,6-7,10-11H2,1-5H3. The van der Waals surface area contributed by atoms with Gasteiger partial charge in [0.15, 0.2) is 0 Å². The molecule has 0 amide bonds. The normalized spacial score (nSPS) is 11.4. The summed E-state index contributed by atoms with van der Waals surface area (Å²) >= 11 is 3.58. The second kappa shape index (κ2) is 8.68. The van der Waals surface area contributed by atoms with Gasteiger partial charge in [-0.15, -0.1) is 0 Å². The van der Waals surface area contributed by atoms with E-state index < -0.39 is 0 Å². The van der Waals surface area contributed by atoms with Crippen LogP contribution < -0.4 is 10.1 Å². The molecule has 0 atom stereocenters. The first-order valence-corrected chi connectivity index (χ1v) is 8.32. The van der Waals surface area contributed by atoms with E-state index >= 15 is 0 Å². The molecule has 0 heterocycles. The van der Waals surface area contributed by atoms with Gasteiger partial charge in [-0.3, -0.25) is 0 Å². The molecule has 1 N–H and O–H groups in total. The predicted octanol–water partition coefficient (Wildman–Crippen LogP) is 4.93. The number of hydrogen-bond acceptors (Lipinski definition) is 2. The Morgan fingerprint density at radius 2 is 1.85 bits per heavy atom. The number of benzene rings is 1. The lowest BCUT2D eigenvalue weighted by atomic mass is 10.1. The van der Waals surface area contributed by atoms with E-state index in [0.717, 1.165) is 36.3 Å². The summed E-state index contributed by atoms with van der Waals surface area (Å²) in [6, 6.07) is 4.28. The summed E-state index contributed by atoms with van der Waals surface area (Å²) in [6.07, 6.45) is 1.09. The third-order valence-corrected chi connectivity index (χ3v) is 3.58. The Hall–Kier alpha value is -0.540. The van der Waals surface area contributed by atoms with E-state index in [1.54, 1.807) is 0 Å². The molecule has 0 aliphatic heterocycles. The maximum atomic E-state index is 6.03. The Morgan fingerprint density at radius 3 is 2.45 bits per heavy atom. The summed E-state index contributed by atoms with van der Waals surface area (Å²) < 4.78 is 7.15. The second-order valence-electron chi connectivity index (χ2n) is 6.27. The van der Waals surface area contributed by atoms with Gasteiger partial charge in [0.25, 0.3) is 0 Å². The van der Waals surface area contributed by atoms with Crippen LogP contribution in [0.1, 0.15) is 45.2 Å². The monoisotopic (exact) mass is 341 g/mol. The van der Waals surface area contributed by atoms with Gasteiger partial charge in [-0.05, 0) is 49.4 Å². The fourth-order valence-electron chi connectivity index (χ4n) is 2.03. The lowest BCUT2D eigenvalue weighted by Crippen LogP contribution is -2.19. The van der Waals surface area contributed by atoms with Gasteiger partial charge >= 0.3 is 0 Å². The molecule has 0 fully saturated rings. The third-order valence-electron chi connectivity index (χ3n) is 3.13. The van der Waals surface area contributed by atoms with E-state index in [1.807, 2.05) is 0 Å². The highest BCUT2D eigenvalue weighted by Crippen LogP contribution is 2.28. The molecule has 0 radical (unpaired) electrons. The zero-order valence-corrected chi connectivity index (χ0v) is 15.0. The van der Waals surface area contributed by atoms with Crippen molar-refractivity contribution in [3.05, 3.63) is 27.7 Å². The van der Waals surface area contributed by atoms with Crippen LogP contribution in [0.25, 0.3) is 0 Å². The number of rotatable bonds is 8. The molecule has 114 valence electrons. The molecule has 0 aromatic heterocycles. The molecule has 1 aromatic carbocycles. The predicted molar refractivity (Wildman–Crippen MR) is 90.4 cm³/mol. The van der Waals surface area contributed by atoms with Gasteiger partial charge in [-0.1, -0.05) is 43.6 Å². The highest BCUT2D eigenvalue weighted by Gasteiger charge is 2.09. The van der Waals surface area contributed by atoms with Gasteiger partial charge in [0.1, 0.15) is 5.75 Å². The van der Waals surface area contributed by atoms with Gasteiger partial charge in [-0.2, -0.15) is 0 Å². The second-order valence-corrected chi connectivity index (χ2v) is 7.18. The average molecular weight is 342 g/mol. The molecule has 0 unspecified atom stereocenters. The van der Waals surface area contributed by atoms with Crippen LogP contribution in [0.4, 0.5) is 0 Å². The molecule has 0 aliphatic carbocycles. The molecule has 0 bridgehead atoms. The molecular formula is C17H28BrNO. The zero-order valence-electron chi connectivity index (χ0n) is 13.4. The summed E-state index contributed by atoms with van der Waals surface area (Å²) in [5.74, 6) is 2.38. The summed E-state index contributed by atoms with van der Waals surface area (Å²) in [4.78, 5) is 0. The molecule has 1 rings (SSSR count). The van der Waals surface area contributed by atoms with Crippen molar-refractivity contribution in [1.29, 1.82) is 0 Å². The van der Waals surface area contributed by atoms with Gasteiger partial charge < -0.3 is 10.1 Å². The molecule has 1 aromatic rings. The highest BCUT2D eigenvalue weighted by atomic mass is 79.9. The van der Waals surface area contributed by atoms with Crippen LogP contribution in [-0.4, -0.2) is 13.2 Å². The molecule has 2 nitrogen and oxygen atoms in total. The van der Waals surface area contributed by atoms with Crippen molar-refractivity contribution in [2.45, 2.75) is 47.6 Å². The molecule has 20 heavy (non-hydrogen) atoms. The lowest BCUT2D eigenvalue weighted by molar-refractivity contribution is 0.284. The SMILES string of the molecule is Cc1cc(Br)cc(CNCC(C)C)c1OCCC(C)C. The number of halogens is 1. The summed E-state index contributed by atoms with van der Waals surface area (Å²) in [6.45, 7) is 13.7. The first-order valence-electron chi connectivity index (χ1n) is 7.52. The lowest BCUT2D eigenvalue weighted by Gasteiger charge is -2.17. The summed E-state index contributed by atoms with van der Waals surface area (Å²) in [5.41, 5.74) is 2.44. The van der Waals surface area contributed by atoms with Crippen molar-refractivity contribution in [2.24, 2.45) is 11.8 Å². The van der Waals surface area contributed by atoms with Crippen molar-refractivity contribution in [2.75, 3.05) is 13.2 Å². The molecule has 3 heteroatoms. The van der Waals surface area contributed by atoms with Crippen LogP contribution in [-0.2, 0) is 6.54 Å². The van der Waals surface area contributed by atoms with E-state index in [0.29, 0.717) is 11.8 Å².